The molecular formula is C22H18F3N5O3S. The lowest BCUT2D eigenvalue weighted by Gasteiger charge is -2.33. The first-order valence-electron chi connectivity index (χ1n) is 10.7. The molecule has 5 heterocycles. The lowest BCUT2D eigenvalue weighted by molar-refractivity contribution is 0.0388. The number of likely N-dealkylation sites (tertiary alicyclic amines) is 1. The summed E-state index contributed by atoms with van der Waals surface area (Å²) in [5, 5.41) is 5.41. The number of ether oxygens (including phenoxy) is 2. The molecule has 3 aromatic rings. The lowest BCUT2D eigenvalue weighted by Crippen LogP contribution is -2.51. The fraction of sp³-hybridized carbons (Fsp3) is 0.364. The van der Waals surface area contributed by atoms with Crippen LogP contribution in [0.1, 0.15) is 46.1 Å². The van der Waals surface area contributed by atoms with Gasteiger partial charge in [-0.1, -0.05) is 17.4 Å². The largest absolute Gasteiger partial charge is 0.481 e. The molecule has 0 unspecified atom stereocenters. The van der Waals surface area contributed by atoms with E-state index >= 15 is 0 Å². The summed E-state index contributed by atoms with van der Waals surface area (Å²) < 4.78 is 56.0. The minimum atomic E-state index is -1.05. The molecule has 0 aliphatic carbocycles. The van der Waals surface area contributed by atoms with Gasteiger partial charge in [0.1, 0.15) is 35.5 Å². The summed E-state index contributed by atoms with van der Waals surface area (Å²) in [4.78, 5) is 23.1. The van der Waals surface area contributed by atoms with E-state index in [0.29, 0.717) is 40.2 Å². The van der Waals surface area contributed by atoms with Crippen LogP contribution in [0.25, 0.3) is 5.00 Å². The third-order valence-corrected chi connectivity index (χ3v) is 7.05. The molecular weight excluding hydrogens is 471 g/mol. The van der Waals surface area contributed by atoms with Crippen LogP contribution in [0.15, 0.2) is 23.2 Å². The second-order valence-electron chi connectivity index (χ2n) is 8.21. The zero-order chi connectivity index (χ0) is 23.6. The molecule has 8 nitrogen and oxygen atoms in total. The normalized spacial score (nSPS) is 19.7. The number of amides is 1. The Morgan fingerprint density at radius 2 is 1.94 bits per heavy atom. The maximum absolute atomic E-state index is 14.9. The second kappa shape index (κ2) is 7.91. The zero-order valence-electron chi connectivity index (χ0n) is 17.9. The van der Waals surface area contributed by atoms with Crippen molar-refractivity contribution in [3.63, 3.8) is 0 Å². The molecule has 1 atom stereocenters. The fourth-order valence-electron chi connectivity index (χ4n) is 4.24. The molecule has 176 valence electrons. The molecule has 12 heteroatoms. The highest BCUT2D eigenvalue weighted by Gasteiger charge is 2.37. The number of carbonyl (C=O) groups is 1. The van der Waals surface area contributed by atoms with Gasteiger partial charge in [0.05, 0.1) is 37.6 Å². The summed E-state index contributed by atoms with van der Waals surface area (Å²) in [5.74, 6) is -1.75. The summed E-state index contributed by atoms with van der Waals surface area (Å²) in [7, 11) is 0. The number of nitrogens with zero attached hydrogens (tertiary/aromatic N) is 5. The van der Waals surface area contributed by atoms with Crippen molar-refractivity contribution in [3.05, 3.63) is 58.2 Å². The van der Waals surface area contributed by atoms with Gasteiger partial charge >= 0.3 is 0 Å². The summed E-state index contributed by atoms with van der Waals surface area (Å²) in [5.41, 5.74) is 0.864. The van der Waals surface area contributed by atoms with Crippen LogP contribution in [0, 0.1) is 11.6 Å². The van der Waals surface area contributed by atoms with Crippen LogP contribution in [-0.4, -0.2) is 63.8 Å². The van der Waals surface area contributed by atoms with Crippen LogP contribution in [0.3, 0.4) is 0 Å². The third-order valence-electron chi connectivity index (χ3n) is 5.93. The van der Waals surface area contributed by atoms with E-state index in [0.717, 1.165) is 0 Å². The maximum Gasteiger partial charge on any atom is 0.293 e. The van der Waals surface area contributed by atoms with Crippen LogP contribution in [0.5, 0.6) is 5.06 Å². The number of carbonyl (C=O) groups excluding carboxylic acids is 1. The number of benzene rings is 1. The molecule has 2 aromatic heterocycles. The first-order valence-corrected chi connectivity index (χ1v) is 11.5. The van der Waals surface area contributed by atoms with Crippen LogP contribution in [0.4, 0.5) is 13.2 Å². The quantitative estimate of drug-likeness (QED) is 0.552. The van der Waals surface area contributed by atoms with E-state index in [2.05, 4.69) is 15.1 Å². The molecule has 1 saturated heterocycles. The summed E-state index contributed by atoms with van der Waals surface area (Å²) in [6.07, 6.45) is -1.05. The van der Waals surface area contributed by atoms with Crippen molar-refractivity contribution in [1.29, 1.82) is 0 Å². The van der Waals surface area contributed by atoms with E-state index in [1.165, 1.54) is 39.1 Å². The van der Waals surface area contributed by atoms with Crippen LogP contribution in [-0.2, 0) is 11.3 Å². The monoisotopic (exact) mass is 489 g/mol. The van der Waals surface area contributed by atoms with Gasteiger partial charge in [-0.25, -0.2) is 22.8 Å². The molecule has 0 radical (unpaired) electrons. The van der Waals surface area contributed by atoms with Crippen molar-refractivity contribution in [2.75, 3.05) is 26.3 Å². The lowest BCUT2D eigenvalue weighted by atomic mass is 9.99. The number of aromatic nitrogens is 3. The van der Waals surface area contributed by atoms with E-state index in [4.69, 9.17) is 9.47 Å². The molecule has 0 N–H and O–H groups in total. The van der Waals surface area contributed by atoms with Gasteiger partial charge in [-0.3, -0.25) is 9.79 Å². The van der Waals surface area contributed by atoms with Crippen LogP contribution >= 0.6 is 11.3 Å². The number of hydrogen-bond acceptors (Lipinski definition) is 7. The highest BCUT2D eigenvalue weighted by molar-refractivity contribution is 7.17. The van der Waals surface area contributed by atoms with Gasteiger partial charge in [-0.2, -0.15) is 0 Å². The fourth-order valence-corrected chi connectivity index (χ4v) is 5.38. The summed E-state index contributed by atoms with van der Waals surface area (Å²) in [6.45, 7) is 2.54. The smallest absolute Gasteiger partial charge is 0.293 e. The van der Waals surface area contributed by atoms with Crippen molar-refractivity contribution in [2.24, 2.45) is 4.99 Å². The van der Waals surface area contributed by atoms with E-state index in [1.54, 1.807) is 6.92 Å². The standard InChI is InChI=1S/C22H18F3N5O3S/c1-10-19-27-18(20(31)29-7-11(23)8-29)28-30(19)21-15(12-9-32-5-6-33-22(12)34-21)17(26-10)16-13(24)3-2-4-14(16)25/h2-4,10-11H,5-9H2,1H3/t10-/m0/s1. The number of halogens is 3. The molecule has 6 rings (SSSR count). The summed E-state index contributed by atoms with van der Waals surface area (Å²) in [6, 6.07) is 2.95. The van der Waals surface area contributed by atoms with E-state index in [9.17, 15) is 18.0 Å². The van der Waals surface area contributed by atoms with Gasteiger partial charge in [0.15, 0.2) is 10.9 Å². The van der Waals surface area contributed by atoms with Gasteiger partial charge < -0.3 is 14.4 Å². The minimum Gasteiger partial charge on any atom is -0.481 e. The number of fused-ring (bicyclic) bond motifs is 5. The topological polar surface area (TPSA) is 81.8 Å². The highest BCUT2D eigenvalue weighted by atomic mass is 32.1. The average Bonchev–Trinajstić information content (AvgIpc) is 3.27. The molecule has 0 spiro atoms. The predicted octanol–water partition coefficient (Wildman–Crippen LogP) is 3.22. The molecule has 0 bridgehead atoms. The van der Waals surface area contributed by atoms with Gasteiger partial charge in [0, 0.05) is 11.1 Å². The molecule has 0 saturated carbocycles. The molecule has 3 aliphatic rings. The Kier molecular flexibility index (Phi) is 4.96. The first kappa shape index (κ1) is 21.3. The van der Waals surface area contributed by atoms with Crippen molar-refractivity contribution >= 4 is 23.0 Å². The number of alkyl halides is 1. The molecule has 1 aromatic carbocycles. The van der Waals surface area contributed by atoms with E-state index in [-0.39, 0.29) is 36.8 Å². The number of aliphatic imine (C=N–C) groups is 1. The van der Waals surface area contributed by atoms with E-state index < -0.39 is 29.8 Å². The number of rotatable bonds is 2. The van der Waals surface area contributed by atoms with Crippen LogP contribution < -0.4 is 4.74 Å². The summed E-state index contributed by atoms with van der Waals surface area (Å²) >= 11 is 1.22. The van der Waals surface area contributed by atoms with Crippen molar-refractivity contribution in [1.82, 2.24) is 19.7 Å². The Labute approximate surface area is 195 Å². The minimum absolute atomic E-state index is 0.00313. The third kappa shape index (κ3) is 3.23. The van der Waals surface area contributed by atoms with Crippen molar-refractivity contribution < 1.29 is 27.4 Å². The van der Waals surface area contributed by atoms with Crippen molar-refractivity contribution in [3.8, 4) is 10.1 Å². The van der Waals surface area contributed by atoms with Gasteiger partial charge in [-0.15, -0.1) is 5.10 Å². The maximum atomic E-state index is 14.9. The Hall–Kier alpha value is -3.25. The van der Waals surface area contributed by atoms with Gasteiger partial charge in [0.25, 0.3) is 5.91 Å². The van der Waals surface area contributed by atoms with E-state index in [1.807, 2.05) is 0 Å². The molecule has 3 aliphatic heterocycles. The Balaban J connectivity index is 1.56. The Morgan fingerprint density at radius 3 is 2.68 bits per heavy atom. The SMILES string of the molecule is C[C@@H]1N=C(c2c(F)cccc2F)c2c(sc3c2COCCO3)-n2nc(C(=O)N3CC(F)C3)nc21. The predicted molar refractivity (Wildman–Crippen MR) is 116 cm³/mol. The average molecular weight is 489 g/mol. The molecule has 1 fully saturated rings. The number of thiophene rings is 1. The van der Waals surface area contributed by atoms with Crippen molar-refractivity contribution in [2.45, 2.75) is 25.7 Å². The highest BCUT2D eigenvalue weighted by Crippen LogP contribution is 2.44. The number of hydrogen-bond donors (Lipinski definition) is 0. The van der Waals surface area contributed by atoms with Gasteiger partial charge in [-0.05, 0) is 19.1 Å². The van der Waals surface area contributed by atoms with Crippen LogP contribution in [0.2, 0.25) is 0 Å². The van der Waals surface area contributed by atoms with Gasteiger partial charge in [0.2, 0.25) is 5.82 Å². The zero-order valence-corrected chi connectivity index (χ0v) is 18.7. The Morgan fingerprint density at radius 1 is 1.18 bits per heavy atom. The molecule has 34 heavy (non-hydrogen) atoms. The molecule has 1 amide bonds. The Bertz CT molecular complexity index is 1330. The first-order chi connectivity index (χ1) is 16.4. The second-order valence-corrected chi connectivity index (χ2v) is 9.17.